The molecular formula is C5H4I2N2O. The van der Waals surface area contributed by atoms with Gasteiger partial charge >= 0.3 is 0 Å². The van der Waals surface area contributed by atoms with E-state index in [1.807, 2.05) is 7.05 Å². The Morgan fingerprint density at radius 2 is 2.20 bits per heavy atom. The Kier molecular flexibility index (Phi) is 2.67. The maximum Gasteiger partial charge on any atom is 0.171 e. The number of carbonyl (C=O) groups excluding carboxylic acids is 1. The van der Waals surface area contributed by atoms with E-state index in [9.17, 15) is 4.79 Å². The molecule has 0 unspecified atom stereocenters. The zero-order valence-electron chi connectivity index (χ0n) is 5.14. The zero-order valence-corrected chi connectivity index (χ0v) is 9.45. The fourth-order valence-corrected chi connectivity index (χ4v) is 1.54. The molecule has 0 saturated carbocycles. The molecule has 3 nitrogen and oxygen atoms in total. The molecule has 0 aliphatic rings. The Morgan fingerprint density at radius 1 is 1.60 bits per heavy atom. The molecular weight excluding hydrogens is 358 g/mol. The Labute approximate surface area is 85.5 Å². The van der Waals surface area contributed by atoms with Gasteiger partial charge in [0.2, 0.25) is 0 Å². The summed E-state index contributed by atoms with van der Waals surface area (Å²) in [5.41, 5.74) is 0.521. The number of carbonyl (C=O) groups is 1. The van der Waals surface area contributed by atoms with Crippen LogP contribution in [-0.2, 0) is 7.05 Å². The second-order valence-corrected chi connectivity index (χ2v) is 3.83. The zero-order chi connectivity index (χ0) is 7.72. The molecule has 0 aromatic carbocycles. The smallest absolute Gasteiger partial charge is 0.171 e. The molecule has 0 amide bonds. The molecule has 54 valence electrons. The van der Waals surface area contributed by atoms with E-state index in [1.165, 1.54) is 0 Å². The van der Waals surface area contributed by atoms with Crippen LogP contribution in [0, 0.1) is 7.27 Å². The molecule has 5 heteroatoms. The molecule has 0 saturated heterocycles. The normalized spacial score (nSPS) is 9.90. The predicted molar refractivity (Wildman–Crippen MR) is 54.0 cm³/mol. The molecule has 1 aromatic heterocycles. The van der Waals surface area contributed by atoms with E-state index in [0.29, 0.717) is 5.69 Å². The van der Waals surface area contributed by atoms with Crippen molar-refractivity contribution in [3.05, 3.63) is 13.0 Å². The first-order valence-electron chi connectivity index (χ1n) is 2.50. The summed E-state index contributed by atoms with van der Waals surface area (Å²) in [6.45, 7) is 0. The van der Waals surface area contributed by atoms with E-state index in [2.05, 4.69) is 50.3 Å². The summed E-state index contributed by atoms with van der Waals surface area (Å²) in [5.74, 6) is 0. The Hall–Kier alpha value is 0.340. The second kappa shape index (κ2) is 3.16. The van der Waals surface area contributed by atoms with Gasteiger partial charge in [-0.3, -0.25) is 9.48 Å². The van der Waals surface area contributed by atoms with Gasteiger partial charge in [0.25, 0.3) is 0 Å². The van der Waals surface area contributed by atoms with Crippen LogP contribution < -0.4 is 0 Å². The van der Waals surface area contributed by atoms with Crippen LogP contribution in [0.4, 0.5) is 0 Å². The van der Waals surface area contributed by atoms with Crippen molar-refractivity contribution in [3.8, 4) is 0 Å². The summed E-state index contributed by atoms with van der Waals surface area (Å²) >= 11 is 4.25. The number of aromatic nitrogens is 2. The number of nitrogens with zero attached hydrogens (tertiary/aromatic N) is 2. The van der Waals surface area contributed by atoms with E-state index in [0.717, 1.165) is 13.6 Å². The predicted octanol–water partition coefficient (Wildman–Crippen LogP) is 1.44. The number of hydrogen-bond donors (Lipinski definition) is 0. The lowest BCUT2D eigenvalue weighted by Crippen LogP contribution is -1.92. The van der Waals surface area contributed by atoms with Crippen molar-refractivity contribution in [2.75, 3.05) is 0 Å². The number of aryl methyl sites for hydroxylation is 1. The summed E-state index contributed by atoms with van der Waals surface area (Å²) < 4.78 is 3.61. The minimum atomic E-state index is 0.521. The van der Waals surface area contributed by atoms with Crippen molar-refractivity contribution in [1.82, 2.24) is 9.78 Å². The van der Waals surface area contributed by atoms with Crippen molar-refractivity contribution >= 4 is 51.5 Å². The minimum absolute atomic E-state index is 0.521. The molecule has 0 spiro atoms. The Balaban J connectivity index is 3.30. The third-order valence-corrected chi connectivity index (χ3v) is 4.39. The molecule has 1 rings (SSSR count). The van der Waals surface area contributed by atoms with Crippen molar-refractivity contribution in [2.45, 2.75) is 0 Å². The van der Waals surface area contributed by atoms with Gasteiger partial charge in [-0.1, -0.05) is 0 Å². The molecule has 0 radical (unpaired) electrons. The third-order valence-electron chi connectivity index (χ3n) is 1.06. The molecule has 0 aliphatic carbocycles. The summed E-state index contributed by atoms with van der Waals surface area (Å²) in [6, 6.07) is 0. The molecule has 1 aromatic rings. The van der Waals surface area contributed by atoms with Gasteiger partial charge in [0.05, 0.1) is 3.57 Å². The molecule has 0 aliphatic heterocycles. The summed E-state index contributed by atoms with van der Waals surface area (Å²) in [5, 5.41) is 3.96. The van der Waals surface area contributed by atoms with Gasteiger partial charge < -0.3 is 0 Å². The van der Waals surface area contributed by atoms with E-state index < -0.39 is 0 Å². The van der Waals surface area contributed by atoms with Gasteiger partial charge in [0.1, 0.15) is 9.39 Å². The van der Waals surface area contributed by atoms with Gasteiger partial charge in [-0.25, -0.2) is 0 Å². The van der Waals surface area contributed by atoms with Gasteiger partial charge in [-0.15, -0.1) is 0 Å². The van der Waals surface area contributed by atoms with Gasteiger partial charge in [-0.2, -0.15) is 5.10 Å². The van der Waals surface area contributed by atoms with Crippen LogP contribution in [0.5, 0.6) is 0 Å². The van der Waals surface area contributed by atoms with Crippen LogP contribution in [0.1, 0.15) is 10.5 Å². The van der Waals surface area contributed by atoms with E-state index in [-0.39, 0.29) is 0 Å². The highest BCUT2D eigenvalue weighted by molar-refractivity contribution is 14.1. The highest BCUT2D eigenvalue weighted by atomic mass is 127. The first-order valence-corrected chi connectivity index (χ1v) is 4.65. The number of hydrogen-bond acceptors (Lipinski definition) is 2. The lowest BCUT2D eigenvalue weighted by atomic mass is 10.5. The van der Waals surface area contributed by atoms with Crippen LogP contribution in [0.25, 0.3) is 0 Å². The maximum absolute atomic E-state index is 10.3. The number of rotatable bonds is 1. The first kappa shape index (κ1) is 8.44. The molecule has 1 heterocycles. The third kappa shape index (κ3) is 1.34. The summed E-state index contributed by atoms with van der Waals surface area (Å²) in [4.78, 5) is 10.3. The highest BCUT2D eigenvalue weighted by Crippen LogP contribution is 2.16. The average Bonchev–Trinajstić information content (AvgIpc) is 2.17. The molecule has 0 bridgehead atoms. The Morgan fingerprint density at radius 3 is 2.40 bits per heavy atom. The number of halogens is 2. The van der Waals surface area contributed by atoms with Crippen LogP contribution in [0.2, 0.25) is 0 Å². The van der Waals surface area contributed by atoms with E-state index in [4.69, 9.17) is 0 Å². The minimum Gasteiger partial charge on any atom is -0.296 e. The topological polar surface area (TPSA) is 34.9 Å². The van der Waals surface area contributed by atoms with Crippen LogP contribution in [0.3, 0.4) is 0 Å². The second-order valence-electron chi connectivity index (χ2n) is 1.73. The maximum atomic E-state index is 10.3. The van der Waals surface area contributed by atoms with Gasteiger partial charge in [-0.05, 0) is 45.2 Å². The highest BCUT2D eigenvalue weighted by Gasteiger charge is 2.08. The quantitative estimate of drug-likeness (QED) is 0.560. The summed E-state index contributed by atoms with van der Waals surface area (Å²) in [6.07, 6.45) is 0.768. The monoisotopic (exact) mass is 362 g/mol. The van der Waals surface area contributed by atoms with Crippen LogP contribution >= 0.6 is 45.2 Å². The molecule has 0 N–H and O–H groups in total. The SMILES string of the molecule is Cn1nc(C=O)c(I)c1I. The molecule has 10 heavy (non-hydrogen) atoms. The summed E-state index contributed by atoms with van der Waals surface area (Å²) in [7, 11) is 1.82. The van der Waals surface area contributed by atoms with Crippen LogP contribution in [-0.4, -0.2) is 16.1 Å². The van der Waals surface area contributed by atoms with Crippen molar-refractivity contribution in [2.24, 2.45) is 7.05 Å². The largest absolute Gasteiger partial charge is 0.296 e. The molecule has 0 atom stereocenters. The lowest BCUT2D eigenvalue weighted by molar-refractivity contribution is 0.111. The van der Waals surface area contributed by atoms with Crippen molar-refractivity contribution in [1.29, 1.82) is 0 Å². The fraction of sp³-hybridized carbons (Fsp3) is 0.200. The fourth-order valence-electron chi connectivity index (χ4n) is 0.572. The lowest BCUT2D eigenvalue weighted by Gasteiger charge is -1.87. The average molecular weight is 362 g/mol. The standard InChI is InChI=1S/C5H4I2N2O/c1-9-5(7)4(6)3(2-10)8-9/h2H,1H3. The van der Waals surface area contributed by atoms with E-state index in [1.54, 1.807) is 4.68 Å². The first-order chi connectivity index (χ1) is 4.66. The number of aldehydes is 1. The van der Waals surface area contributed by atoms with Gasteiger partial charge in [0.15, 0.2) is 6.29 Å². The van der Waals surface area contributed by atoms with Gasteiger partial charge in [0, 0.05) is 7.05 Å². The van der Waals surface area contributed by atoms with Crippen molar-refractivity contribution < 1.29 is 4.79 Å². The van der Waals surface area contributed by atoms with Crippen LogP contribution in [0.15, 0.2) is 0 Å². The Bertz CT molecular complexity index is 269. The van der Waals surface area contributed by atoms with E-state index >= 15 is 0 Å². The molecule has 0 fully saturated rings. The van der Waals surface area contributed by atoms with Crippen molar-refractivity contribution in [3.63, 3.8) is 0 Å².